The van der Waals surface area contributed by atoms with Crippen molar-refractivity contribution in [3.63, 3.8) is 0 Å². The maximum absolute atomic E-state index is 10.7. The summed E-state index contributed by atoms with van der Waals surface area (Å²) in [4.78, 5) is 13.0. The van der Waals surface area contributed by atoms with Gasteiger partial charge in [0.25, 0.3) is 0 Å². The Kier molecular flexibility index (Phi) is 4.98. The Morgan fingerprint density at radius 1 is 1.50 bits per heavy atom. The molecule has 0 aromatic heterocycles. The zero-order valence-corrected chi connectivity index (χ0v) is 11.8. The summed E-state index contributed by atoms with van der Waals surface area (Å²) in [6.07, 6.45) is 2.19. The Hall–Kier alpha value is -1.59. The van der Waals surface area contributed by atoms with E-state index in [2.05, 4.69) is 11.9 Å². The van der Waals surface area contributed by atoms with Crippen molar-refractivity contribution in [2.24, 2.45) is 5.73 Å². The summed E-state index contributed by atoms with van der Waals surface area (Å²) < 4.78 is 5.97. The zero-order valence-electron chi connectivity index (χ0n) is 11.8. The van der Waals surface area contributed by atoms with Gasteiger partial charge in [-0.25, -0.2) is 0 Å². The fourth-order valence-electron chi connectivity index (χ4n) is 2.42. The van der Waals surface area contributed by atoms with E-state index in [1.807, 2.05) is 24.3 Å². The predicted octanol–water partition coefficient (Wildman–Crippen LogP) is 1.63. The van der Waals surface area contributed by atoms with Gasteiger partial charge in [0, 0.05) is 19.1 Å². The smallest absolute Gasteiger partial charge is 0.305 e. The van der Waals surface area contributed by atoms with Crippen LogP contribution in [-0.2, 0) is 4.79 Å². The SMILES string of the molecule is CN1CCC(Oc2cccc(C(N)CC(=O)O)c2)CC1. The van der Waals surface area contributed by atoms with Gasteiger partial charge in [-0.15, -0.1) is 0 Å². The molecule has 0 saturated carbocycles. The molecule has 1 aliphatic heterocycles. The van der Waals surface area contributed by atoms with E-state index in [0.717, 1.165) is 37.2 Å². The molecular weight excluding hydrogens is 256 g/mol. The first-order valence-corrected chi connectivity index (χ1v) is 6.97. The number of rotatable bonds is 5. The quantitative estimate of drug-likeness (QED) is 0.856. The van der Waals surface area contributed by atoms with E-state index < -0.39 is 12.0 Å². The molecule has 5 heteroatoms. The number of hydrogen-bond donors (Lipinski definition) is 2. The average Bonchev–Trinajstić information content (AvgIpc) is 2.41. The fourth-order valence-corrected chi connectivity index (χ4v) is 2.42. The lowest BCUT2D eigenvalue weighted by molar-refractivity contribution is -0.137. The number of piperidine rings is 1. The Morgan fingerprint density at radius 3 is 2.85 bits per heavy atom. The number of carbonyl (C=O) groups is 1. The Labute approximate surface area is 119 Å². The van der Waals surface area contributed by atoms with E-state index in [0.29, 0.717) is 0 Å². The van der Waals surface area contributed by atoms with Crippen LogP contribution in [0.25, 0.3) is 0 Å². The minimum absolute atomic E-state index is 0.0717. The van der Waals surface area contributed by atoms with E-state index in [1.54, 1.807) is 0 Å². The highest BCUT2D eigenvalue weighted by atomic mass is 16.5. The van der Waals surface area contributed by atoms with Gasteiger partial charge in [0.15, 0.2) is 0 Å². The van der Waals surface area contributed by atoms with Crippen LogP contribution in [0.5, 0.6) is 5.75 Å². The number of likely N-dealkylation sites (tertiary alicyclic amines) is 1. The second kappa shape index (κ2) is 6.72. The highest BCUT2D eigenvalue weighted by Gasteiger charge is 2.18. The van der Waals surface area contributed by atoms with Crippen LogP contribution in [0.1, 0.15) is 30.9 Å². The van der Waals surface area contributed by atoms with Crippen LogP contribution in [0.3, 0.4) is 0 Å². The van der Waals surface area contributed by atoms with Crippen molar-refractivity contribution in [2.75, 3.05) is 20.1 Å². The molecule has 110 valence electrons. The third-order valence-corrected chi connectivity index (χ3v) is 3.65. The minimum atomic E-state index is -0.890. The van der Waals surface area contributed by atoms with Crippen molar-refractivity contribution in [1.82, 2.24) is 4.90 Å². The first kappa shape index (κ1) is 14.8. The standard InChI is InChI=1S/C15H22N2O3/c1-17-7-5-12(6-8-17)20-13-4-2-3-11(9-13)14(16)10-15(18)19/h2-4,9,12,14H,5-8,10,16H2,1H3,(H,18,19). The molecule has 0 aliphatic carbocycles. The molecule has 1 heterocycles. The molecule has 1 unspecified atom stereocenters. The summed E-state index contributed by atoms with van der Waals surface area (Å²) in [5.74, 6) is -0.114. The van der Waals surface area contributed by atoms with Gasteiger partial charge in [0.1, 0.15) is 11.9 Å². The van der Waals surface area contributed by atoms with Gasteiger partial charge < -0.3 is 20.5 Å². The predicted molar refractivity (Wildman–Crippen MR) is 76.8 cm³/mol. The van der Waals surface area contributed by atoms with Gasteiger partial charge in [-0.1, -0.05) is 12.1 Å². The van der Waals surface area contributed by atoms with Crippen molar-refractivity contribution < 1.29 is 14.6 Å². The summed E-state index contributed by atoms with van der Waals surface area (Å²) in [5.41, 5.74) is 6.68. The maximum atomic E-state index is 10.7. The molecule has 3 N–H and O–H groups in total. The molecule has 1 atom stereocenters. The van der Waals surface area contributed by atoms with E-state index >= 15 is 0 Å². The topological polar surface area (TPSA) is 75.8 Å². The molecule has 1 aliphatic rings. The lowest BCUT2D eigenvalue weighted by Gasteiger charge is -2.29. The molecule has 1 aromatic rings. The molecule has 2 rings (SSSR count). The molecule has 1 fully saturated rings. The van der Waals surface area contributed by atoms with Gasteiger partial charge in [-0.2, -0.15) is 0 Å². The number of carboxylic acid groups (broad SMARTS) is 1. The Bertz CT molecular complexity index is 456. The summed E-state index contributed by atoms with van der Waals surface area (Å²) >= 11 is 0. The van der Waals surface area contributed by atoms with Gasteiger partial charge in [-0.3, -0.25) is 4.79 Å². The third kappa shape index (κ3) is 4.21. The molecule has 5 nitrogen and oxygen atoms in total. The number of aliphatic carboxylic acids is 1. The number of hydrogen-bond acceptors (Lipinski definition) is 4. The number of nitrogens with zero attached hydrogens (tertiary/aromatic N) is 1. The minimum Gasteiger partial charge on any atom is -0.490 e. The van der Waals surface area contributed by atoms with Crippen LogP contribution in [0.4, 0.5) is 0 Å². The first-order chi connectivity index (χ1) is 9.54. The second-order valence-corrected chi connectivity index (χ2v) is 5.40. The molecule has 0 amide bonds. The summed E-state index contributed by atoms with van der Waals surface area (Å²) in [6.45, 7) is 2.09. The molecule has 1 saturated heterocycles. The largest absolute Gasteiger partial charge is 0.490 e. The summed E-state index contributed by atoms with van der Waals surface area (Å²) in [6, 6.07) is 6.96. The second-order valence-electron chi connectivity index (χ2n) is 5.40. The highest BCUT2D eigenvalue weighted by molar-refractivity contribution is 5.67. The Balaban J connectivity index is 1.97. The first-order valence-electron chi connectivity index (χ1n) is 6.97. The highest BCUT2D eigenvalue weighted by Crippen LogP contribution is 2.23. The normalized spacial score (nSPS) is 18.7. The van der Waals surface area contributed by atoms with Crippen molar-refractivity contribution in [3.05, 3.63) is 29.8 Å². The van der Waals surface area contributed by atoms with E-state index in [9.17, 15) is 4.79 Å². The molecule has 20 heavy (non-hydrogen) atoms. The maximum Gasteiger partial charge on any atom is 0.305 e. The Morgan fingerprint density at radius 2 is 2.20 bits per heavy atom. The van der Waals surface area contributed by atoms with Crippen LogP contribution < -0.4 is 10.5 Å². The average molecular weight is 278 g/mol. The van der Waals surface area contributed by atoms with Gasteiger partial charge in [0.05, 0.1) is 6.42 Å². The van der Waals surface area contributed by atoms with Crippen molar-refractivity contribution in [3.8, 4) is 5.75 Å². The van der Waals surface area contributed by atoms with Crippen molar-refractivity contribution in [1.29, 1.82) is 0 Å². The van der Waals surface area contributed by atoms with E-state index in [4.69, 9.17) is 15.6 Å². The number of ether oxygens (including phenoxy) is 1. The summed E-state index contributed by atoms with van der Waals surface area (Å²) in [7, 11) is 2.11. The van der Waals surface area contributed by atoms with Gasteiger partial charge >= 0.3 is 5.97 Å². The fraction of sp³-hybridized carbons (Fsp3) is 0.533. The van der Waals surface area contributed by atoms with Crippen LogP contribution in [-0.4, -0.2) is 42.2 Å². The van der Waals surface area contributed by atoms with Gasteiger partial charge in [-0.05, 0) is 37.6 Å². The van der Waals surface area contributed by atoms with Crippen LogP contribution in [0.15, 0.2) is 24.3 Å². The van der Waals surface area contributed by atoms with Crippen molar-refractivity contribution in [2.45, 2.75) is 31.4 Å². The van der Waals surface area contributed by atoms with E-state index in [-0.39, 0.29) is 12.5 Å². The number of benzene rings is 1. The zero-order chi connectivity index (χ0) is 14.5. The monoisotopic (exact) mass is 278 g/mol. The van der Waals surface area contributed by atoms with E-state index in [1.165, 1.54) is 0 Å². The van der Waals surface area contributed by atoms with Crippen LogP contribution in [0.2, 0.25) is 0 Å². The molecular formula is C15H22N2O3. The lowest BCUT2D eigenvalue weighted by Crippen LogP contribution is -2.35. The van der Waals surface area contributed by atoms with Crippen LogP contribution in [0, 0.1) is 0 Å². The van der Waals surface area contributed by atoms with Gasteiger partial charge in [0.2, 0.25) is 0 Å². The van der Waals surface area contributed by atoms with Crippen molar-refractivity contribution >= 4 is 5.97 Å². The lowest BCUT2D eigenvalue weighted by atomic mass is 10.0. The molecule has 0 bridgehead atoms. The summed E-state index contributed by atoms with van der Waals surface area (Å²) in [5, 5.41) is 8.78. The van der Waals surface area contributed by atoms with Crippen LogP contribution >= 0.6 is 0 Å². The molecule has 1 aromatic carbocycles. The third-order valence-electron chi connectivity index (χ3n) is 3.65. The number of carboxylic acids is 1. The molecule has 0 radical (unpaired) electrons. The number of nitrogens with two attached hydrogens (primary N) is 1. The molecule has 0 spiro atoms.